The fourth-order valence-corrected chi connectivity index (χ4v) is 3.30. The molecule has 0 spiro atoms. The van der Waals surface area contributed by atoms with Crippen LogP contribution >= 0.6 is 15.9 Å². The van der Waals surface area contributed by atoms with Crippen molar-refractivity contribution in [2.75, 3.05) is 37.9 Å². The predicted octanol–water partition coefficient (Wildman–Crippen LogP) is 3.14. The lowest BCUT2D eigenvalue weighted by molar-refractivity contribution is 0.0746. The van der Waals surface area contributed by atoms with Crippen LogP contribution in [0.1, 0.15) is 10.4 Å². The van der Waals surface area contributed by atoms with Crippen molar-refractivity contribution in [1.82, 2.24) is 4.90 Å². The molecule has 0 unspecified atom stereocenters. The van der Waals surface area contributed by atoms with Crippen molar-refractivity contribution in [2.24, 2.45) is 0 Å². The minimum absolute atomic E-state index is 0.0451. The smallest absolute Gasteiger partial charge is 0.254 e. The fraction of sp³-hybridized carbons (Fsp3) is 0.278. The molecule has 2 aliphatic heterocycles. The van der Waals surface area contributed by atoms with E-state index in [1.165, 1.54) is 5.69 Å². The van der Waals surface area contributed by atoms with Crippen LogP contribution in [0.15, 0.2) is 46.9 Å². The Kier molecular flexibility index (Phi) is 4.06. The average molecular weight is 389 g/mol. The molecule has 0 radical (unpaired) electrons. The zero-order valence-electron chi connectivity index (χ0n) is 13.1. The summed E-state index contributed by atoms with van der Waals surface area (Å²) in [5, 5.41) is 0. The van der Waals surface area contributed by atoms with E-state index in [4.69, 9.17) is 9.47 Å². The number of hydrogen-bond acceptors (Lipinski definition) is 4. The quantitative estimate of drug-likeness (QED) is 0.792. The van der Waals surface area contributed by atoms with Gasteiger partial charge in [0.05, 0.1) is 0 Å². The first-order chi connectivity index (χ1) is 11.7. The largest absolute Gasteiger partial charge is 0.454 e. The van der Waals surface area contributed by atoms with E-state index in [-0.39, 0.29) is 12.7 Å². The molecule has 6 heteroatoms. The number of anilines is 1. The van der Waals surface area contributed by atoms with Crippen LogP contribution in [0, 0.1) is 0 Å². The molecule has 124 valence electrons. The lowest BCUT2D eigenvalue weighted by Crippen LogP contribution is -2.48. The van der Waals surface area contributed by atoms with Crippen LogP contribution in [0.25, 0.3) is 0 Å². The highest BCUT2D eigenvalue weighted by atomic mass is 79.9. The number of ether oxygens (including phenoxy) is 2. The number of rotatable bonds is 2. The second-order valence-corrected chi connectivity index (χ2v) is 6.74. The van der Waals surface area contributed by atoms with Crippen molar-refractivity contribution >= 4 is 27.5 Å². The van der Waals surface area contributed by atoms with Gasteiger partial charge in [0.2, 0.25) is 6.79 Å². The molecule has 0 atom stereocenters. The Morgan fingerprint density at radius 1 is 0.917 bits per heavy atom. The van der Waals surface area contributed by atoms with Crippen LogP contribution in [0.4, 0.5) is 5.69 Å². The summed E-state index contributed by atoms with van der Waals surface area (Å²) in [4.78, 5) is 16.9. The maximum atomic E-state index is 12.7. The molecular weight excluding hydrogens is 372 g/mol. The Morgan fingerprint density at radius 3 is 2.38 bits per heavy atom. The lowest BCUT2D eigenvalue weighted by Gasteiger charge is -2.36. The molecule has 0 saturated carbocycles. The highest BCUT2D eigenvalue weighted by Gasteiger charge is 2.24. The van der Waals surface area contributed by atoms with Crippen molar-refractivity contribution in [3.05, 3.63) is 52.5 Å². The number of hydrogen-bond donors (Lipinski definition) is 0. The summed E-state index contributed by atoms with van der Waals surface area (Å²) >= 11 is 3.45. The summed E-state index contributed by atoms with van der Waals surface area (Å²) < 4.78 is 11.7. The number of fused-ring (bicyclic) bond motifs is 1. The molecule has 0 bridgehead atoms. The van der Waals surface area contributed by atoms with Crippen molar-refractivity contribution in [2.45, 2.75) is 0 Å². The van der Waals surface area contributed by atoms with Crippen molar-refractivity contribution in [1.29, 1.82) is 0 Å². The number of piperazine rings is 1. The molecule has 4 rings (SSSR count). The molecule has 0 aliphatic carbocycles. The third-order valence-electron chi connectivity index (χ3n) is 4.38. The number of carbonyl (C=O) groups is 1. The van der Waals surface area contributed by atoms with Crippen LogP contribution in [0.2, 0.25) is 0 Å². The van der Waals surface area contributed by atoms with Gasteiger partial charge in [0.1, 0.15) is 0 Å². The first-order valence-electron chi connectivity index (χ1n) is 7.90. The molecule has 0 N–H and O–H groups in total. The maximum absolute atomic E-state index is 12.7. The topological polar surface area (TPSA) is 42.0 Å². The van der Waals surface area contributed by atoms with Crippen LogP contribution < -0.4 is 14.4 Å². The van der Waals surface area contributed by atoms with E-state index >= 15 is 0 Å². The standard InChI is InChI=1S/C18H17BrN2O3/c19-14-2-4-15(5-3-14)20-7-9-21(10-8-20)18(22)13-1-6-16-17(11-13)24-12-23-16/h1-6,11H,7-10,12H2. The van der Waals surface area contributed by atoms with Gasteiger partial charge in [-0.05, 0) is 42.5 Å². The number of amides is 1. The summed E-state index contributed by atoms with van der Waals surface area (Å²) in [5.74, 6) is 1.39. The number of nitrogens with zero attached hydrogens (tertiary/aromatic N) is 2. The molecule has 2 heterocycles. The third kappa shape index (κ3) is 2.94. The minimum atomic E-state index is 0.0451. The van der Waals surface area contributed by atoms with Crippen LogP contribution in [0.3, 0.4) is 0 Å². The number of carbonyl (C=O) groups excluding carboxylic acids is 1. The van der Waals surface area contributed by atoms with Crippen molar-refractivity contribution in [3.63, 3.8) is 0 Å². The van der Waals surface area contributed by atoms with Crippen LogP contribution in [0.5, 0.6) is 11.5 Å². The SMILES string of the molecule is O=C(c1ccc2c(c1)OCO2)N1CCN(c2ccc(Br)cc2)CC1. The number of benzene rings is 2. The molecule has 1 fully saturated rings. The van der Waals surface area contributed by atoms with Gasteiger partial charge in [-0.2, -0.15) is 0 Å². The average Bonchev–Trinajstić information content (AvgIpc) is 3.09. The van der Waals surface area contributed by atoms with Crippen molar-refractivity contribution < 1.29 is 14.3 Å². The van der Waals surface area contributed by atoms with Gasteiger partial charge in [0, 0.05) is 41.9 Å². The van der Waals surface area contributed by atoms with Crippen molar-refractivity contribution in [3.8, 4) is 11.5 Å². The molecule has 0 aromatic heterocycles. The second-order valence-electron chi connectivity index (χ2n) is 5.82. The molecule has 2 aliphatic rings. The molecule has 5 nitrogen and oxygen atoms in total. The molecule has 24 heavy (non-hydrogen) atoms. The summed E-state index contributed by atoms with van der Waals surface area (Å²) in [6, 6.07) is 13.6. The lowest BCUT2D eigenvalue weighted by atomic mass is 10.1. The maximum Gasteiger partial charge on any atom is 0.254 e. The Balaban J connectivity index is 1.42. The molecule has 2 aromatic carbocycles. The molecule has 2 aromatic rings. The van der Waals surface area contributed by atoms with Gasteiger partial charge < -0.3 is 19.3 Å². The second kappa shape index (κ2) is 6.36. The summed E-state index contributed by atoms with van der Waals surface area (Å²) in [7, 11) is 0. The highest BCUT2D eigenvalue weighted by molar-refractivity contribution is 9.10. The summed E-state index contributed by atoms with van der Waals surface area (Å²) in [6.45, 7) is 3.31. The van der Waals surface area contributed by atoms with Gasteiger partial charge in [0.15, 0.2) is 11.5 Å². The first kappa shape index (κ1) is 15.3. The Morgan fingerprint density at radius 2 is 1.62 bits per heavy atom. The van der Waals surface area contributed by atoms with E-state index in [0.717, 1.165) is 17.6 Å². The van der Waals surface area contributed by atoms with Gasteiger partial charge in [-0.3, -0.25) is 4.79 Å². The number of halogens is 1. The monoisotopic (exact) mass is 388 g/mol. The zero-order valence-corrected chi connectivity index (χ0v) is 14.7. The Labute approximate surface area is 148 Å². The van der Waals surface area contributed by atoms with Gasteiger partial charge in [-0.15, -0.1) is 0 Å². The normalized spacial score (nSPS) is 16.4. The zero-order chi connectivity index (χ0) is 16.5. The Hall–Kier alpha value is -2.21. The molecule has 1 amide bonds. The summed E-state index contributed by atoms with van der Waals surface area (Å²) in [5.41, 5.74) is 1.84. The van der Waals surface area contributed by atoms with E-state index in [9.17, 15) is 4.79 Å². The van der Waals surface area contributed by atoms with E-state index in [1.807, 2.05) is 17.0 Å². The van der Waals surface area contributed by atoms with Gasteiger partial charge in [-0.25, -0.2) is 0 Å². The molecular formula is C18H17BrN2O3. The van der Waals surface area contributed by atoms with Gasteiger partial charge in [-0.1, -0.05) is 15.9 Å². The van der Waals surface area contributed by atoms with Crippen LogP contribution in [-0.4, -0.2) is 43.8 Å². The fourth-order valence-electron chi connectivity index (χ4n) is 3.03. The van der Waals surface area contributed by atoms with E-state index in [1.54, 1.807) is 18.2 Å². The third-order valence-corrected chi connectivity index (χ3v) is 4.91. The first-order valence-corrected chi connectivity index (χ1v) is 8.69. The Bertz CT molecular complexity index is 755. The molecule has 1 saturated heterocycles. The van der Waals surface area contributed by atoms with Crippen LogP contribution in [-0.2, 0) is 0 Å². The van der Waals surface area contributed by atoms with E-state index in [2.05, 4.69) is 33.0 Å². The van der Waals surface area contributed by atoms with E-state index < -0.39 is 0 Å². The van der Waals surface area contributed by atoms with Gasteiger partial charge in [0.25, 0.3) is 5.91 Å². The summed E-state index contributed by atoms with van der Waals surface area (Å²) in [6.07, 6.45) is 0. The predicted molar refractivity (Wildman–Crippen MR) is 94.8 cm³/mol. The van der Waals surface area contributed by atoms with Gasteiger partial charge >= 0.3 is 0 Å². The van der Waals surface area contributed by atoms with E-state index in [0.29, 0.717) is 30.2 Å². The minimum Gasteiger partial charge on any atom is -0.454 e. The highest BCUT2D eigenvalue weighted by Crippen LogP contribution is 2.33.